The molecule has 0 aliphatic carbocycles. The summed E-state index contributed by atoms with van der Waals surface area (Å²) >= 11 is 2.01. The molecule has 1 atom stereocenters. The molecule has 0 bridgehead atoms. The Hall–Kier alpha value is -0.550. The van der Waals surface area contributed by atoms with Crippen LogP contribution in [-0.2, 0) is 9.59 Å². The number of amides is 2. The summed E-state index contributed by atoms with van der Waals surface area (Å²) in [5.74, 6) is 3.11. The van der Waals surface area contributed by atoms with E-state index in [0.717, 1.165) is 19.4 Å². The molecule has 2 rings (SSSR count). The van der Waals surface area contributed by atoms with Crippen LogP contribution in [0.1, 0.15) is 46.0 Å². The van der Waals surface area contributed by atoms with Gasteiger partial charge in [-0.05, 0) is 49.7 Å². The van der Waals surface area contributed by atoms with Crippen LogP contribution in [0.2, 0.25) is 0 Å². The van der Waals surface area contributed by atoms with Crippen LogP contribution in [0.15, 0.2) is 0 Å². The fraction of sp³-hybridized carbons (Fsp3) is 0.867. The Kier molecular flexibility index (Phi) is 5.90. The molecule has 0 aromatic heterocycles. The zero-order chi connectivity index (χ0) is 14.5. The maximum atomic E-state index is 12.4. The molecular weight excluding hydrogens is 272 g/mol. The second-order valence-corrected chi connectivity index (χ2v) is 7.02. The van der Waals surface area contributed by atoms with E-state index in [2.05, 4.69) is 5.32 Å². The predicted octanol–water partition coefficient (Wildman–Crippen LogP) is 2.04. The number of nitrogens with zero attached hydrogens (tertiary/aromatic N) is 1. The van der Waals surface area contributed by atoms with E-state index in [1.54, 1.807) is 0 Å². The van der Waals surface area contributed by atoms with E-state index in [1.165, 1.54) is 29.2 Å². The Bertz CT molecular complexity index is 352. The average molecular weight is 298 g/mol. The van der Waals surface area contributed by atoms with E-state index in [-0.39, 0.29) is 23.9 Å². The highest BCUT2D eigenvalue weighted by Gasteiger charge is 2.41. The largest absolute Gasteiger partial charge is 0.305 e. The maximum absolute atomic E-state index is 12.4. The lowest BCUT2D eigenvalue weighted by Gasteiger charge is -2.25. The summed E-state index contributed by atoms with van der Waals surface area (Å²) in [5, 5.41) is 3.34. The first-order valence-electron chi connectivity index (χ1n) is 7.84. The standard InChI is InChI=1S/C15H26N2O2S/c1-3-12(4-2)17-14(18)9-13(15(17)19)16-10-11-5-7-20-8-6-11/h11-13,16H,3-10H2,1-2H3. The van der Waals surface area contributed by atoms with Crippen molar-refractivity contribution in [2.45, 2.75) is 58.0 Å². The van der Waals surface area contributed by atoms with Gasteiger partial charge in [-0.1, -0.05) is 13.8 Å². The Morgan fingerprint density at radius 1 is 1.25 bits per heavy atom. The van der Waals surface area contributed by atoms with Gasteiger partial charge in [0.1, 0.15) is 0 Å². The Morgan fingerprint density at radius 3 is 2.50 bits per heavy atom. The van der Waals surface area contributed by atoms with Crippen molar-refractivity contribution in [3.63, 3.8) is 0 Å². The first-order chi connectivity index (χ1) is 9.67. The zero-order valence-corrected chi connectivity index (χ0v) is 13.4. The van der Waals surface area contributed by atoms with Crippen LogP contribution in [0.5, 0.6) is 0 Å². The number of rotatable bonds is 6. The topological polar surface area (TPSA) is 49.4 Å². The molecule has 4 nitrogen and oxygen atoms in total. The minimum Gasteiger partial charge on any atom is -0.305 e. The van der Waals surface area contributed by atoms with Crippen LogP contribution in [0.25, 0.3) is 0 Å². The van der Waals surface area contributed by atoms with Gasteiger partial charge >= 0.3 is 0 Å². The maximum Gasteiger partial charge on any atom is 0.247 e. The fourth-order valence-corrected chi connectivity index (χ4v) is 4.31. The summed E-state index contributed by atoms with van der Waals surface area (Å²) < 4.78 is 0. The van der Waals surface area contributed by atoms with Crippen molar-refractivity contribution in [1.82, 2.24) is 10.2 Å². The van der Waals surface area contributed by atoms with E-state index in [9.17, 15) is 9.59 Å². The van der Waals surface area contributed by atoms with Gasteiger partial charge in [-0.3, -0.25) is 14.5 Å². The van der Waals surface area contributed by atoms with Gasteiger partial charge in [0.05, 0.1) is 12.5 Å². The minimum atomic E-state index is -0.280. The molecule has 2 heterocycles. The number of carbonyl (C=O) groups is 2. The van der Waals surface area contributed by atoms with Crippen LogP contribution in [0.4, 0.5) is 0 Å². The molecule has 0 radical (unpaired) electrons. The molecular formula is C15H26N2O2S. The van der Waals surface area contributed by atoms with Crippen molar-refractivity contribution < 1.29 is 9.59 Å². The van der Waals surface area contributed by atoms with Crippen molar-refractivity contribution in [2.75, 3.05) is 18.1 Å². The molecule has 2 aliphatic heterocycles. The van der Waals surface area contributed by atoms with Gasteiger partial charge < -0.3 is 5.32 Å². The monoisotopic (exact) mass is 298 g/mol. The quantitative estimate of drug-likeness (QED) is 0.762. The molecule has 0 aromatic carbocycles. The number of hydrogen-bond acceptors (Lipinski definition) is 4. The van der Waals surface area contributed by atoms with Gasteiger partial charge in [0.15, 0.2) is 0 Å². The van der Waals surface area contributed by atoms with Crippen LogP contribution in [0, 0.1) is 5.92 Å². The third-order valence-corrected chi connectivity index (χ3v) is 5.53. The smallest absolute Gasteiger partial charge is 0.247 e. The van der Waals surface area contributed by atoms with Crippen molar-refractivity contribution in [2.24, 2.45) is 5.92 Å². The third-order valence-electron chi connectivity index (χ3n) is 4.48. The van der Waals surface area contributed by atoms with Crippen molar-refractivity contribution in [3.8, 4) is 0 Å². The van der Waals surface area contributed by atoms with E-state index < -0.39 is 0 Å². The lowest BCUT2D eigenvalue weighted by molar-refractivity contribution is -0.141. The van der Waals surface area contributed by atoms with E-state index in [4.69, 9.17) is 0 Å². The van der Waals surface area contributed by atoms with Gasteiger partial charge in [-0.25, -0.2) is 0 Å². The number of nitrogens with one attached hydrogen (secondary N) is 1. The van der Waals surface area contributed by atoms with Crippen molar-refractivity contribution in [1.29, 1.82) is 0 Å². The SMILES string of the molecule is CCC(CC)N1C(=O)CC(NCC2CCSCC2)C1=O. The molecule has 1 unspecified atom stereocenters. The van der Waals surface area contributed by atoms with Gasteiger partial charge in [-0.2, -0.15) is 11.8 Å². The van der Waals surface area contributed by atoms with E-state index in [0.29, 0.717) is 12.3 Å². The van der Waals surface area contributed by atoms with Gasteiger partial charge in [-0.15, -0.1) is 0 Å². The van der Waals surface area contributed by atoms with Gasteiger partial charge in [0.2, 0.25) is 11.8 Å². The van der Waals surface area contributed by atoms with Crippen LogP contribution in [0.3, 0.4) is 0 Å². The highest BCUT2D eigenvalue weighted by Crippen LogP contribution is 2.24. The first-order valence-corrected chi connectivity index (χ1v) is 8.99. The number of likely N-dealkylation sites (tertiary alicyclic amines) is 1. The minimum absolute atomic E-state index is 0.000370. The molecule has 20 heavy (non-hydrogen) atoms. The summed E-state index contributed by atoms with van der Waals surface area (Å²) in [7, 11) is 0. The Balaban J connectivity index is 1.87. The second kappa shape index (κ2) is 7.46. The summed E-state index contributed by atoms with van der Waals surface area (Å²) in [4.78, 5) is 26.0. The fourth-order valence-electron chi connectivity index (χ4n) is 3.11. The zero-order valence-electron chi connectivity index (χ0n) is 12.6. The molecule has 2 amide bonds. The van der Waals surface area contributed by atoms with Gasteiger partial charge in [0, 0.05) is 6.04 Å². The van der Waals surface area contributed by atoms with E-state index >= 15 is 0 Å². The molecule has 0 spiro atoms. The summed E-state index contributed by atoms with van der Waals surface area (Å²) in [6.45, 7) is 4.95. The van der Waals surface area contributed by atoms with Crippen LogP contribution in [-0.4, -0.2) is 46.8 Å². The Morgan fingerprint density at radius 2 is 1.90 bits per heavy atom. The number of imide groups is 1. The molecule has 1 N–H and O–H groups in total. The molecule has 114 valence electrons. The highest BCUT2D eigenvalue weighted by atomic mass is 32.2. The molecule has 0 aromatic rings. The molecule has 2 fully saturated rings. The first kappa shape index (κ1) is 15.8. The highest BCUT2D eigenvalue weighted by molar-refractivity contribution is 7.99. The summed E-state index contributed by atoms with van der Waals surface area (Å²) in [5.41, 5.74) is 0. The lowest BCUT2D eigenvalue weighted by Crippen LogP contribution is -2.44. The molecule has 2 aliphatic rings. The van der Waals surface area contributed by atoms with Crippen LogP contribution < -0.4 is 5.32 Å². The van der Waals surface area contributed by atoms with E-state index in [1.807, 2.05) is 25.6 Å². The second-order valence-electron chi connectivity index (χ2n) is 5.79. The van der Waals surface area contributed by atoms with Crippen molar-refractivity contribution in [3.05, 3.63) is 0 Å². The summed E-state index contributed by atoms with van der Waals surface area (Å²) in [6, 6.07) is -0.203. The van der Waals surface area contributed by atoms with Crippen LogP contribution >= 0.6 is 11.8 Å². The average Bonchev–Trinajstić information content (AvgIpc) is 2.75. The summed E-state index contributed by atoms with van der Waals surface area (Å²) in [6.07, 6.45) is 4.49. The lowest BCUT2D eigenvalue weighted by atomic mass is 10.0. The molecule has 0 saturated carbocycles. The third kappa shape index (κ3) is 3.55. The van der Waals surface area contributed by atoms with Gasteiger partial charge in [0.25, 0.3) is 0 Å². The molecule has 5 heteroatoms. The number of carbonyl (C=O) groups excluding carboxylic acids is 2. The number of hydrogen-bond donors (Lipinski definition) is 1. The predicted molar refractivity (Wildman–Crippen MR) is 82.7 cm³/mol. The number of thioether (sulfide) groups is 1. The Labute approximate surface area is 126 Å². The molecule has 2 saturated heterocycles. The normalized spacial score (nSPS) is 24.9. The van der Waals surface area contributed by atoms with Crippen molar-refractivity contribution >= 4 is 23.6 Å².